The molecule has 5 heteroatoms. The fourth-order valence-corrected chi connectivity index (χ4v) is 2.54. The van der Waals surface area contributed by atoms with Crippen LogP contribution in [-0.2, 0) is 16.8 Å². The van der Waals surface area contributed by atoms with E-state index in [0.717, 1.165) is 0 Å². The molecule has 0 aliphatic carbocycles. The van der Waals surface area contributed by atoms with Crippen LogP contribution < -0.4 is 5.32 Å². The van der Waals surface area contributed by atoms with E-state index in [0.29, 0.717) is 16.8 Å². The first-order valence-corrected chi connectivity index (χ1v) is 6.46. The van der Waals surface area contributed by atoms with Crippen LogP contribution in [0.4, 0.5) is 10.1 Å². The molecule has 102 valence electrons. The molecule has 1 aliphatic rings. The van der Waals surface area contributed by atoms with Crippen molar-refractivity contribution in [1.82, 2.24) is 0 Å². The fourth-order valence-electron chi connectivity index (χ4n) is 2.42. The largest absolute Gasteiger partial charge is 0.375 e. The van der Waals surface area contributed by atoms with Crippen LogP contribution >= 0.6 is 11.6 Å². The molecule has 3 nitrogen and oxygen atoms in total. The second-order valence-corrected chi connectivity index (χ2v) is 5.19. The molecule has 1 amide bonds. The maximum atomic E-state index is 13.5. The molecule has 3 rings (SSSR count). The van der Waals surface area contributed by atoms with Crippen molar-refractivity contribution < 1.29 is 14.3 Å². The van der Waals surface area contributed by atoms with Crippen LogP contribution in [0.3, 0.4) is 0 Å². The Balaban J connectivity index is 2.00. The maximum absolute atomic E-state index is 13.5. The van der Waals surface area contributed by atoms with Crippen LogP contribution in [0.1, 0.15) is 11.1 Å². The number of hydrogen-bond donors (Lipinski definition) is 2. The van der Waals surface area contributed by atoms with Gasteiger partial charge in [-0.1, -0.05) is 35.9 Å². The van der Waals surface area contributed by atoms with Crippen molar-refractivity contribution in [3.63, 3.8) is 0 Å². The summed E-state index contributed by atoms with van der Waals surface area (Å²) in [4.78, 5) is 12.0. The molecule has 0 saturated carbocycles. The average molecular weight is 292 g/mol. The monoisotopic (exact) mass is 291 g/mol. The lowest BCUT2D eigenvalue weighted by atomic mass is 9.88. The third-order valence-corrected chi connectivity index (χ3v) is 3.75. The summed E-state index contributed by atoms with van der Waals surface area (Å²) in [5.74, 6) is -1.08. The number of carbonyl (C=O) groups is 1. The lowest BCUT2D eigenvalue weighted by Crippen LogP contribution is -2.36. The summed E-state index contributed by atoms with van der Waals surface area (Å²) in [5, 5.41) is 13.3. The van der Waals surface area contributed by atoms with Gasteiger partial charge in [0.1, 0.15) is 5.82 Å². The third-order valence-electron chi connectivity index (χ3n) is 3.44. The van der Waals surface area contributed by atoms with E-state index >= 15 is 0 Å². The van der Waals surface area contributed by atoms with Gasteiger partial charge in [-0.2, -0.15) is 0 Å². The molecule has 2 aromatic carbocycles. The molecular formula is C15H11ClFNO2. The van der Waals surface area contributed by atoms with E-state index in [1.54, 1.807) is 30.3 Å². The minimum Gasteiger partial charge on any atom is -0.375 e. The van der Waals surface area contributed by atoms with Gasteiger partial charge < -0.3 is 10.4 Å². The molecule has 20 heavy (non-hydrogen) atoms. The van der Waals surface area contributed by atoms with Gasteiger partial charge >= 0.3 is 0 Å². The van der Waals surface area contributed by atoms with E-state index in [1.807, 2.05) is 0 Å². The summed E-state index contributed by atoms with van der Waals surface area (Å²) in [5.41, 5.74) is -0.104. The standard InChI is InChI=1S/C15H11ClFNO2/c16-11-6-5-9(7-12(11)17)8-15(20)10-3-1-2-4-13(10)18-14(15)19/h1-7,20H,8H2,(H,18,19). The number of rotatable bonds is 2. The molecule has 0 fully saturated rings. The van der Waals surface area contributed by atoms with Crippen molar-refractivity contribution >= 4 is 23.2 Å². The first-order valence-electron chi connectivity index (χ1n) is 6.08. The average Bonchev–Trinajstić information content (AvgIpc) is 2.67. The minimum atomic E-state index is -1.68. The van der Waals surface area contributed by atoms with Gasteiger partial charge in [0.2, 0.25) is 0 Å². The molecule has 0 radical (unpaired) electrons. The number of hydrogen-bond acceptors (Lipinski definition) is 2. The Labute approximate surface area is 120 Å². The zero-order chi connectivity index (χ0) is 14.3. The number of carbonyl (C=O) groups excluding carboxylic acids is 1. The van der Waals surface area contributed by atoms with Crippen LogP contribution in [0.25, 0.3) is 0 Å². The highest BCUT2D eigenvalue weighted by Gasteiger charge is 2.44. The smallest absolute Gasteiger partial charge is 0.261 e. The van der Waals surface area contributed by atoms with E-state index < -0.39 is 17.3 Å². The van der Waals surface area contributed by atoms with E-state index in [9.17, 15) is 14.3 Å². The second-order valence-electron chi connectivity index (χ2n) is 4.79. The zero-order valence-electron chi connectivity index (χ0n) is 10.4. The summed E-state index contributed by atoms with van der Waals surface area (Å²) in [6, 6.07) is 11.1. The summed E-state index contributed by atoms with van der Waals surface area (Å²) in [7, 11) is 0. The molecule has 2 N–H and O–H groups in total. The van der Waals surface area contributed by atoms with Crippen LogP contribution in [0.2, 0.25) is 5.02 Å². The van der Waals surface area contributed by atoms with E-state index in [2.05, 4.69) is 5.32 Å². The minimum absolute atomic E-state index is 0.00998. The van der Waals surface area contributed by atoms with Crippen molar-refractivity contribution in [2.75, 3.05) is 5.32 Å². The number of anilines is 1. The molecule has 0 saturated heterocycles. The van der Waals surface area contributed by atoms with Crippen LogP contribution in [0.15, 0.2) is 42.5 Å². The van der Waals surface area contributed by atoms with E-state index in [-0.39, 0.29) is 11.4 Å². The molecule has 1 heterocycles. The normalized spacial score (nSPS) is 20.6. The lowest BCUT2D eigenvalue weighted by molar-refractivity contribution is -0.133. The summed E-state index contributed by atoms with van der Waals surface area (Å²) in [6.45, 7) is 0. The summed E-state index contributed by atoms with van der Waals surface area (Å²) in [6.07, 6.45) is -0.00998. The molecule has 0 spiro atoms. The van der Waals surface area contributed by atoms with Gasteiger partial charge in [0.25, 0.3) is 5.91 Å². The second kappa shape index (κ2) is 4.58. The lowest BCUT2D eigenvalue weighted by Gasteiger charge is -2.21. The Hall–Kier alpha value is -1.91. The zero-order valence-corrected chi connectivity index (χ0v) is 11.1. The number of para-hydroxylation sites is 1. The van der Waals surface area contributed by atoms with Gasteiger partial charge in [-0.15, -0.1) is 0 Å². The van der Waals surface area contributed by atoms with E-state index in [1.165, 1.54) is 12.1 Å². The number of fused-ring (bicyclic) bond motifs is 1. The first-order chi connectivity index (χ1) is 9.50. The highest BCUT2D eigenvalue weighted by atomic mass is 35.5. The Morgan fingerprint density at radius 2 is 2.00 bits per heavy atom. The van der Waals surface area contributed by atoms with Gasteiger partial charge in [0, 0.05) is 17.7 Å². The Morgan fingerprint density at radius 3 is 2.75 bits per heavy atom. The molecule has 1 unspecified atom stereocenters. The van der Waals surface area contributed by atoms with Crippen molar-refractivity contribution in [3.05, 3.63) is 64.4 Å². The Morgan fingerprint density at radius 1 is 1.25 bits per heavy atom. The molecule has 2 aromatic rings. The Kier molecular flexibility index (Phi) is 3.00. The number of amides is 1. The third kappa shape index (κ3) is 1.97. The maximum Gasteiger partial charge on any atom is 0.261 e. The number of nitrogens with one attached hydrogen (secondary N) is 1. The van der Waals surface area contributed by atoms with Gasteiger partial charge in [0.05, 0.1) is 5.02 Å². The van der Waals surface area contributed by atoms with E-state index in [4.69, 9.17) is 11.6 Å². The predicted octanol–water partition coefficient (Wildman–Crippen LogP) is 2.86. The molecule has 1 aliphatic heterocycles. The Bertz CT molecular complexity index is 704. The van der Waals surface area contributed by atoms with Crippen LogP contribution in [0, 0.1) is 5.82 Å². The number of aliphatic hydroxyl groups is 1. The van der Waals surface area contributed by atoms with Crippen molar-refractivity contribution in [3.8, 4) is 0 Å². The first kappa shape index (κ1) is 13.1. The van der Waals surface area contributed by atoms with Gasteiger partial charge in [-0.3, -0.25) is 4.79 Å². The van der Waals surface area contributed by atoms with Crippen molar-refractivity contribution in [2.45, 2.75) is 12.0 Å². The van der Waals surface area contributed by atoms with Crippen molar-refractivity contribution in [2.24, 2.45) is 0 Å². The van der Waals surface area contributed by atoms with Crippen LogP contribution in [0.5, 0.6) is 0 Å². The van der Waals surface area contributed by atoms with Gasteiger partial charge in [0.15, 0.2) is 5.60 Å². The highest BCUT2D eigenvalue weighted by Crippen LogP contribution is 2.38. The molecule has 1 atom stereocenters. The summed E-state index contributed by atoms with van der Waals surface area (Å²) >= 11 is 5.62. The predicted molar refractivity (Wildman–Crippen MR) is 74.1 cm³/mol. The fraction of sp³-hybridized carbons (Fsp3) is 0.133. The SMILES string of the molecule is O=C1Nc2ccccc2C1(O)Cc1ccc(Cl)c(F)c1. The van der Waals surface area contributed by atoms with Gasteiger partial charge in [-0.25, -0.2) is 4.39 Å². The molecule has 0 bridgehead atoms. The molecule has 0 aromatic heterocycles. The van der Waals surface area contributed by atoms with Crippen molar-refractivity contribution in [1.29, 1.82) is 0 Å². The number of benzene rings is 2. The quantitative estimate of drug-likeness (QED) is 0.894. The molecular weight excluding hydrogens is 281 g/mol. The van der Waals surface area contributed by atoms with Crippen LogP contribution in [-0.4, -0.2) is 11.0 Å². The topological polar surface area (TPSA) is 49.3 Å². The number of halogens is 2. The highest BCUT2D eigenvalue weighted by molar-refractivity contribution is 6.30. The van der Waals surface area contributed by atoms with Gasteiger partial charge in [-0.05, 0) is 23.8 Å². The summed E-state index contributed by atoms with van der Waals surface area (Å²) < 4.78 is 13.5.